The molecule has 0 unspecified atom stereocenters. The Bertz CT molecular complexity index is 600. The second-order valence-electron chi connectivity index (χ2n) is 4.24. The van der Waals surface area contributed by atoms with Crippen LogP contribution in [0, 0.1) is 17.4 Å². The van der Waals surface area contributed by atoms with Crippen LogP contribution in [0.4, 0.5) is 0 Å². The lowest BCUT2D eigenvalue weighted by molar-refractivity contribution is 0.101. The standard InChI is InChI=1S/C14H15IN2O2/c1-9-4-5-10(2)17(9)16-14(18)11-6-7-12(15)13(8-11)19-3/h4-8H,1-3H3,(H,16,18). The number of ether oxygens (including phenoxy) is 1. The molecular formula is C14H15IN2O2. The van der Waals surface area contributed by atoms with Crippen molar-refractivity contribution in [2.75, 3.05) is 12.5 Å². The van der Waals surface area contributed by atoms with E-state index in [1.807, 2.05) is 32.0 Å². The molecule has 5 heteroatoms. The maximum Gasteiger partial charge on any atom is 0.270 e. The van der Waals surface area contributed by atoms with Crippen LogP contribution in [0.5, 0.6) is 5.75 Å². The molecule has 2 aromatic rings. The molecule has 1 aromatic heterocycles. The van der Waals surface area contributed by atoms with Crippen LogP contribution in [0.25, 0.3) is 0 Å². The number of carbonyl (C=O) groups excluding carboxylic acids is 1. The SMILES string of the molecule is COc1cc(C(=O)Nn2c(C)ccc2C)ccc1I. The number of carbonyl (C=O) groups is 1. The van der Waals surface area contributed by atoms with E-state index < -0.39 is 0 Å². The Morgan fingerprint density at radius 1 is 1.21 bits per heavy atom. The summed E-state index contributed by atoms with van der Waals surface area (Å²) >= 11 is 2.17. The van der Waals surface area contributed by atoms with Gasteiger partial charge in [-0.25, -0.2) is 0 Å². The Morgan fingerprint density at radius 2 is 1.84 bits per heavy atom. The minimum Gasteiger partial charge on any atom is -0.496 e. The summed E-state index contributed by atoms with van der Waals surface area (Å²) in [6, 6.07) is 9.32. The van der Waals surface area contributed by atoms with E-state index in [0.717, 1.165) is 15.0 Å². The highest BCUT2D eigenvalue weighted by Gasteiger charge is 2.11. The van der Waals surface area contributed by atoms with Gasteiger partial charge in [0.05, 0.1) is 10.7 Å². The van der Waals surface area contributed by atoms with Crippen molar-refractivity contribution >= 4 is 28.5 Å². The van der Waals surface area contributed by atoms with Crippen LogP contribution in [-0.2, 0) is 0 Å². The molecule has 1 heterocycles. The number of nitrogens with one attached hydrogen (secondary N) is 1. The van der Waals surface area contributed by atoms with Gasteiger partial charge >= 0.3 is 0 Å². The molecule has 0 atom stereocenters. The Balaban J connectivity index is 2.25. The largest absolute Gasteiger partial charge is 0.496 e. The summed E-state index contributed by atoms with van der Waals surface area (Å²) < 4.78 is 7.97. The number of hydrogen-bond acceptors (Lipinski definition) is 2. The summed E-state index contributed by atoms with van der Waals surface area (Å²) in [4.78, 5) is 12.2. The van der Waals surface area contributed by atoms with E-state index in [0.29, 0.717) is 11.3 Å². The van der Waals surface area contributed by atoms with Crippen molar-refractivity contribution in [3.05, 3.63) is 50.9 Å². The van der Waals surface area contributed by atoms with E-state index >= 15 is 0 Å². The second kappa shape index (κ2) is 5.64. The van der Waals surface area contributed by atoms with Crippen molar-refractivity contribution < 1.29 is 9.53 Å². The lowest BCUT2D eigenvalue weighted by atomic mass is 10.2. The Hall–Kier alpha value is -1.50. The molecule has 0 radical (unpaired) electrons. The second-order valence-corrected chi connectivity index (χ2v) is 5.40. The number of benzene rings is 1. The van der Waals surface area contributed by atoms with Gasteiger partial charge in [-0.05, 0) is 66.8 Å². The first-order chi connectivity index (χ1) is 9.02. The topological polar surface area (TPSA) is 43.3 Å². The molecule has 0 fully saturated rings. The summed E-state index contributed by atoms with van der Waals surface area (Å²) in [7, 11) is 1.60. The molecule has 0 bridgehead atoms. The molecule has 19 heavy (non-hydrogen) atoms. The molecule has 0 saturated heterocycles. The Kier molecular flexibility index (Phi) is 4.14. The van der Waals surface area contributed by atoms with Crippen LogP contribution in [0.1, 0.15) is 21.7 Å². The van der Waals surface area contributed by atoms with E-state index in [9.17, 15) is 4.79 Å². The van der Waals surface area contributed by atoms with Gasteiger partial charge in [-0.15, -0.1) is 0 Å². The molecule has 1 amide bonds. The number of methoxy groups -OCH3 is 1. The van der Waals surface area contributed by atoms with Gasteiger partial charge in [0.1, 0.15) is 5.75 Å². The van der Waals surface area contributed by atoms with Crippen LogP contribution in [0.15, 0.2) is 30.3 Å². The van der Waals surface area contributed by atoms with Gasteiger partial charge in [0.2, 0.25) is 0 Å². The van der Waals surface area contributed by atoms with Crippen molar-refractivity contribution in [2.45, 2.75) is 13.8 Å². The lowest BCUT2D eigenvalue weighted by Gasteiger charge is -2.12. The predicted molar refractivity (Wildman–Crippen MR) is 83.3 cm³/mol. The van der Waals surface area contributed by atoms with Crippen molar-refractivity contribution in [3.8, 4) is 5.75 Å². The van der Waals surface area contributed by atoms with E-state index in [1.165, 1.54) is 0 Å². The smallest absolute Gasteiger partial charge is 0.270 e. The first-order valence-electron chi connectivity index (χ1n) is 5.83. The number of aromatic nitrogens is 1. The highest BCUT2D eigenvalue weighted by Crippen LogP contribution is 2.22. The van der Waals surface area contributed by atoms with Gasteiger partial charge in [0.25, 0.3) is 5.91 Å². The predicted octanol–water partition coefficient (Wildman–Crippen LogP) is 3.10. The molecule has 4 nitrogen and oxygen atoms in total. The number of hydrogen-bond donors (Lipinski definition) is 1. The minimum absolute atomic E-state index is 0.155. The maximum absolute atomic E-state index is 12.2. The Morgan fingerprint density at radius 3 is 2.42 bits per heavy atom. The summed E-state index contributed by atoms with van der Waals surface area (Å²) in [5.41, 5.74) is 5.42. The molecule has 0 saturated carbocycles. The van der Waals surface area contributed by atoms with Gasteiger partial charge in [-0.2, -0.15) is 0 Å². The molecule has 1 N–H and O–H groups in total. The number of aryl methyl sites for hydroxylation is 2. The van der Waals surface area contributed by atoms with Crippen LogP contribution in [0.2, 0.25) is 0 Å². The summed E-state index contributed by atoms with van der Waals surface area (Å²) in [6.07, 6.45) is 0. The highest BCUT2D eigenvalue weighted by atomic mass is 127. The third-order valence-corrected chi connectivity index (χ3v) is 3.79. The maximum atomic E-state index is 12.2. The van der Waals surface area contributed by atoms with E-state index in [4.69, 9.17) is 4.74 Å². The fourth-order valence-corrected chi connectivity index (χ4v) is 2.37. The van der Waals surface area contributed by atoms with Gasteiger partial charge in [0.15, 0.2) is 0 Å². The van der Waals surface area contributed by atoms with Crippen molar-refractivity contribution in [1.29, 1.82) is 0 Å². The average Bonchev–Trinajstić information content (AvgIpc) is 2.71. The van der Waals surface area contributed by atoms with Crippen molar-refractivity contribution in [2.24, 2.45) is 0 Å². The van der Waals surface area contributed by atoms with Gasteiger partial charge < -0.3 is 4.74 Å². The van der Waals surface area contributed by atoms with Crippen molar-refractivity contribution in [3.63, 3.8) is 0 Å². The third-order valence-electron chi connectivity index (χ3n) is 2.90. The zero-order valence-corrected chi connectivity index (χ0v) is 13.2. The third kappa shape index (κ3) is 2.91. The van der Waals surface area contributed by atoms with Crippen LogP contribution >= 0.6 is 22.6 Å². The Labute approximate surface area is 125 Å². The fourth-order valence-electron chi connectivity index (χ4n) is 1.81. The quantitative estimate of drug-likeness (QED) is 0.844. The van der Waals surface area contributed by atoms with Crippen LogP contribution < -0.4 is 10.2 Å². The monoisotopic (exact) mass is 370 g/mol. The summed E-state index contributed by atoms with van der Waals surface area (Å²) in [6.45, 7) is 3.89. The average molecular weight is 370 g/mol. The molecule has 0 spiro atoms. The lowest BCUT2D eigenvalue weighted by Crippen LogP contribution is -2.24. The molecule has 1 aromatic carbocycles. The van der Waals surface area contributed by atoms with Gasteiger partial charge in [0, 0.05) is 17.0 Å². The molecule has 0 aliphatic rings. The van der Waals surface area contributed by atoms with Crippen LogP contribution in [-0.4, -0.2) is 17.7 Å². The molecule has 0 aliphatic carbocycles. The van der Waals surface area contributed by atoms with E-state index in [2.05, 4.69) is 28.0 Å². The molecule has 2 rings (SSSR count). The minimum atomic E-state index is -0.155. The first kappa shape index (κ1) is 13.9. The summed E-state index contributed by atoms with van der Waals surface area (Å²) in [5.74, 6) is 0.548. The highest BCUT2D eigenvalue weighted by molar-refractivity contribution is 14.1. The zero-order chi connectivity index (χ0) is 14.0. The van der Waals surface area contributed by atoms with Gasteiger partial charge in [-0.3, -0.25) is 14.9 Å². The molecular weight excluding hydrogens is 355 g/mol. The molecule has 100 valence electrons. The van der Waals surface area contributed by atoms with Crippen molar-refractivity contribution in [1.82, 2.24) is 4.68 Å². The zero-order valence-electron chi connectivity index (χ0n) is 11.0. The fraction of sp³-hybridized carbons (Fsp3) is 0.214. The molecule has 0 aliphatic heterocycles. The summed E-state index contributed by atoms with van der Waals surface area (Å²) in [5, 5.41) is 0. The van der Waals surface area contributed by atoms with Crippen LogP contribution in [0.3, 0.4) is 0 Å². The number of amides is 1. The normalized spacial score (nSPS) is 10.3. The number of halogens is 1. The van der Waals surface area contributed by atoms with Gasteiger partial charge in [-0.1, -0.05) is 0 Å². The number of rotatable bonds is 3. The van der Waals surface area contributed by atoms with E-state index in [1.54, 1.807) is 23.9 Å². The first-order valence-corrected chi connectivity index (χ1v) is 6.90. The number of nitrogens with zero attached hydrogens (tertiary/aromatic N) is 1. The van der Waals surface area contributed by atoms with E-state index in [-0.39, 0.29) is 5.91 Å².